The number of rotatable bonds is 1. The standard InChI is InChI=1S/C17H19N4O3.W.Y/c1-9-10(2)24-16(17(9,3)4)21-7-11(5-6-12(22)23)13-14(18)19-8-20-15(13)21;;/h7-10,16H,2H2,1,3-4H3,(H,22,23)(H2,18,19,20);;/q-1;;/t9?,10?,16-;;/m1../s1. The van der Waals surface area contributed by atoms with Crippen molar-refractivity contribution in [2.45, 2.75) is 33.1 Å². The summed E-state index contributed by atoms with van der Waals surface area (Å²) >= 11 is 0. The second kappa shape index (κ2) is 8.48. The molecule has 0 amide bonds. The molecule has 0 aliphatic carbocycles. The molecule has 2 unspecified atom stereocenters. The molecule has 1 aliphatic heterocycles. The Kier molecular flexibility index (Phi) is 7.58. The molecule has 1 fully saturated rings. The van der Waals surface area contributed by atoms with Crippen LogP contribution in [0.2, 0.25) is 0 Å². The van der Waals surface area contributed by atoms with E-state index in [0.717, 1.165) is 0 Å². The van der Waals surface area contributed by atoms with Crippen LogP contribution >= 0.6 is 0 Å². The van der Waals surface area contributed by atoms with Gasteiger partial charge in [-0.15, -0.1) is 0 Å². The Balaban J connectivity index is 0.00000169. The van der Waals surface area contributed by atoms with E-state index in [1.54, 1.807) is 6.20 Å². The van der Waals surface area contributed by atoms with Crippen LogP contribution in [0.3, 0.4) is 0 Å². The fourth-order valence-electron chi connectivity index (χ4n) is 3.09. The number of anilines is 1. The Hall–Kier alpha value is -0.798. The number of ether oxygens (including phenoxy) is 1. The first-order chi connectivity index (χ1) is 11.2. The third-order valence-corrected chi connectivity index (χ3v) is 4.87. The maximum absolute atomic E-state index is 10.8. The van der Waals surface area contributed by atoms with E-state index in [0.29, 0.717) is 16.6 Å². The number of nitrogens with zero attached hydrogens (tertiary/aromatic N) is 3. The molecule has 0 aromatic carbocycles. The monoisotopic (exact) mass is 600 g/mol. The molecule has 0 spiro atoms. The first-order valence-electron chi connectivity index (χ1n) is 7.58. The Morgan fingerprint density at radius 1 is 1.46 bits per heavy atom. The summed E-state index contributed by atoms with van der Waals surface area (Å²) in [5.74, 6) is 4.00. The number of nitrogens with two attached hydrogens (primary N) is 1. The van der Waals surface area contributed by atoms with E-state index in [9.17, 15) is 4.79 Å². The molecule has 0 saturated carbocycles. The van der Waals surface area contributed by atoms with Crippen molar-refractivity contribution in [3.8, 4) is 11.8 Å². The zero-order valence-corrected chi connectivity index (χ0v) is 20.5. The van der Waals surface area contributed by atoms with Crippen molar-refractivity contribution >= 4 is 22.8 Å². The summed E-state index contributed by atoms with van der Waals surface area (Å²) < 4.78 is 7.90. The molecule has 1 aliphatic rings. The van der Waals surface area contributed by atoms with Gasteiger partial charge < -0.3 is 27.1 Å². The van der Waals surface area contributed by atoms with Gasteiger partial charge in [0, 0.05) is 71.3 Å². The van der Waals surface area contributed by atoms with E-state index in [1.807, 2.05) is 4.57 Å². The van der Waals surface area contributed by atoms with E-state index in [2.05, 4.69) is 49.5 Å². The quantitative estimate of drug-likeness (QED) is 0.383. The van der Waals surface area contributed by atoms with Gasteiger partial charge in [-0.25, -0.2) is 14.8 Å². The molecule has 3 rings (SSSR count). The second-order valence-electron chi connectivity index (χ2n) is 6.60. The van der Waals surface area contributed by atoms with Gasteiger partial charge in [0.2, 0.25) is 0 Å². The van der Waals surface area contributed by atoms with Gasteiger partial charge >= 0.3 is 5.97 Å². The zero-order chi connectivity index (χ0) is 17.6. The summed E-state index contributed by atoms with van der Waals surface area (Å²) in [4.78, 5) is 19.1. The number of carboxylic acid groups (broad SMARTS) is 1. The molecular weight excluding hydrogens is 581 g/mol. The number of carboxylic acids is 1. The number of nitrogen functional groups attached to an aromatic ring is 1. The third-order valence-electron chi connectivity index (χ3n) is 4.87. The maximum atomic E-state index is 10.8. The number of hydrogen-bond donors (Lipinski definition) is 2. The maximum Gasteiger partial charge on any atom is 0.382 e. The van der Waals surface area contributed by atoms with Crippen molar-refractivity contribution in [3.63, 3.8) is 0 Å². The van der Waals surface area contributed by atoms with Crippen molar-refractivity contribution < 1.29 is 68.4 Å². The van der Waals surface area contributed by atoms with Crippen molar-refractivity contribution in [3.05, 3.63) is 25.0 Å². The van der Waals surface area contributed by atoms with Crippen LogP contribution in [0.5, 0.6) is 0 Å². The number of hydrogen-bond acceptors (Lipinski definition) is 5. The molecule has 0 bridgehead atoms. The van der Waals surface area contributed by atoms with Gasteiger partial charge in [0.15, 0.2) is 0 Å². The molecule has 2 aromatic rings. The zero-order valence-electron chi connectivity index (χ0n) is 14.8. The molecule has 135 valence electrons. The molecule has 7 nitrogen and oxygen atoms in total. The predicted molar refractivity (Wildman–Crippen MR) is 88.7 cm³/mol. The molecule has 1 saturated heterocycles. The minimum Gasteiger partial charge on any atom is -0.472 e. The van der Waals surface area contributed by atoms with Gasteiger partial charge in [0.05, 0.1) is 10.9 Å². The van der Waals surface area contributed by atoms with E-state index in [1.165, 1.54) is 6.33 Å². The van der Waals surface area contributed by atoms with Crippen molar-refractivity contribution in [2.75, 3.05) is 5.73 Å². The van der Waals surface area contributed by atoms with Crippen LogP contribution in [0.15, 0.2) is 12.5 Å². The summed E-state index contributed by atoms with van der Waals surface area (Å²) in [5.41, 5.74) is 6.80. The average molecular weight is 600 g/mol. The third kappa shape index (κ3) is 3.89. The number of carbonyl (C=O) groups is 1. The topological polar surface area (TPSA) is 103 Å². The van der Waals surface area contributed by atoms with Crippen LogP contribution in [0.4, 0.5) is 5.82 Å². The summed E-state index contributed by atoms with van der Waals surface area (Å²) in [6.45, 7) is 10.4. The van der Waals surface area contributed by atoms with Gasteiger partial charge in [0.1, 0.15) is 24.0 Å². The molecule has 1 radical (unpaired) electrons. The largest absolute Gasteiger partial charge is 0.472 e. The molecule has 2 aromatic heterocycles. The SMILES string of the molecule is [CH2-]C1O[C@@H](n2cc(C#CC(=O)O)c3c(N)ncnc32)C(C)(C)C1C.[W].[Y]. The minimum absolute atomic E-state index is 0. The minimum atomic E-state index is -1.21. The van der Waals surface area contributed by atoms with Crippen LogP contribution in [0.25, 0.3) is 11.0 Å². The number of aromatic nitrogens is 3. The van der Waals surface area contributed by atoms with Crippen LogP contribution in [0.1, 0.15) is 32.6 Å². The Morgan fingerprint density at radius 3 is 2.65 bits per heavy atom. The number of aliphatic carboxylic acids is 1. The summed E-state index contributed by atoms with van der Waals surface area (Å²) in [7, 11) is 0. The normalized spacial score (nSPS) is 23.5. The van der Waals surface area contributed by atoms with Gasteiger partial charge in [-0.2, -0.15) is 0 Å². The molecule has 3 heterocycles. The predicted octanol–water partition coefficient (Wildman–Crippen LogP) is 1.84. The first-order valence-corrected chi connectivity index (χ1v) is 7.58. The van der Waals surface area contributed by atoms with Gasteiger partial charge in [-0.3, -0.25) is 0 Å². The fourth-order valence-corrected chi connectivity index (χ4v) is 3.09. The second-order valence-corrected chi connectivity index (χ2v) is 6.60. The van der Waals surface area contributed by atoms with Crippen molar-refractivity contribution in [1.82, 2.24) is 14.5 Å². The van der Waals surface area contributed by atoms with Crippen LogP contribution in [-0.4, -0.2) is 31.7 Å². The Labute approximate surface area is 191 Å². The summed E-state index contributed by atoms with van der Waals surface area (Å²) in [5, 5.41) is 9.34. The fraction of sp³-hybridized carbons (Fsp3) is 0.412. The first kappa shape index (κ1) is 23.2. The molecule has 3 atom stereocenters. The van der Waals surface area contributed by atoms with Crippen molar-refractivity contribution in [2.24, 2.45) is 11.3 Å². The van der Waals surface area contributed by atoms with Gasteiger partial charge in [-0.1, -0.05) is 32.8 Å². The van der Waals surface area contributed by atoms with Crippen molar-refractivity contribution in [1.29, 1.82) is 0 Å². The Bertz CT molecular complexity index is 887. The molecule has 26 heavy (non-hydrogen) atoms. The smallest absolute Gasteiger partial charge is 0.382 e. The summed E-state index contributed by atoms with van der Waals surface area (Å²) in [6, 6.07) is 0. The van der Waals surface area contributed by atoms with E-state index in [4.69, 9.17) is 15.6 Å². The number of fused-ring (bicyclic) bond motifs is 1. The summed E-state index contributed by atoms with van der Waals surface area (Å²) in [6.07, 6.45) is 2.63. The van der Waals surface area contributed by atoms with Gasteiger partial charge in [-0.05, 0) is 5.92 Å². The Morgan fingerprint density at radius 2 is 2.12 bits per heavy atom. The average Bonchev–Trinajstić information content (AvgIpc) is 2.97. The van der Waals surface area contributed by atoms with Crippen LogP contribution in [-0.2, 0) is 63.3 Å². The van der Waals surface area contributed by atoms with Crippen LogP contribution < -0.4 is 5.73 Å². The van der Waals surface area contributed by atoms with E-state index >= 15 is 0 Å². The van der Waals surface area contributed by atoms with E-state index < -0.39 is 5.97 Å². The van der Waals surface area contributed by atoms with Gasteiger partial charge in [0.25, 0.3) is 0 Å². The molecule has 3 N–H and O–H groups in total. The molecular formula is C17H19N4O3WY-. The van der Waals surface area contributed by atoms with E-state index in [-0.39, 0.29) is 83.3 Å². The molecule has 9 heteroatoms. The van der Waals surface area contributed by atoms with Crippen LogP contribution in [0, 0.1) is 30.1 Å².